The summed E-state index contributed by atoms with van der Waals surface area (Å²) in [6.45, 7) is 8.90. The van der Waals surface area contributed by atoms with Crippen molar-refractivity contribution in [1.29, 1.82) is 0 Å². The normalized spacial score (nSPS) is 21.9. The Hall–Kier alpha value is -0.380. The Labute approximate surface area is 109 Å². The molecule has 0 radical (unpaired) electrons. The van der Waals surface area contributed by atoms with Crippen molar-refractivity contribution in [3.63, 3.8) is 0 Å². The van der Waals surface area contributed by atoms with Crippen LogP contribution in [-0.2, 0) is 13.1 Å². The molecular formula is C14H24N2S. The van der Waals surface area contributed by atoms with E-state index in [2.05, 4.69) is 24.8 Å². The lowest BCUT2D eigenvalue weighted by atomic mass is 9.95. The Morgan fingerprint density at radius 3 is 3.00 bits per heavy atom. The quantitative estimate of drug-likeness (QED) is 0.892. The zero-order chi connectivity index (χ0) is 12.3. The summed E-state index contributed by atoms with van der Waals surface area (Å²) in [6, 6.07) is 2.30. The van der Waals surface area contributed by atoms with E-state index in [0.717, 1.165) is 12.5 Å². The Bertz CT molecular complexity index is 359. The lowest BCUT2D eigenvalue weighted by Crippen LogP contribution is -2.34. The summed E-state index contributed by atoms with van der Waals surface area (Å²) in [5, 5.41) is 0. The molecular weight excluding hydrogens is 228 g/mol. The lowest BCUT2D eigenvalue weighted by Gasteiger charge is -2.32. The third-order valence-electron chi connectivity index (χ3n) is 3.85. The van der Waals surface area contributed by atoms with Gasteiger partial charge < -0.3 is 5.73 Å². The van der Waals surface area contributed by atoms with Gasteiger partial charge in [-0.15, -0.1) is 11.3 Å². The molecule has 2 N–H and O–H groups in total. The second-order valence-electron chi connectivity index (χ2n) is 5.15. The van der Waals surface area contributed by atoms with Gasteiger partial charge in [0.15, 0.2) is 0 Å². The number of thiophene rings is 1. The fourth-order valence-electron chi connectivity index (χ4n) is 2.71. The molecule has 1 saturated heterocycles. The van der Waals surface area contributed by atoms with E-state index >= 15 is 0 Å². The lowest BCUT2D eigenvalue weighted by molar-refractivity contribution is 0.164. The predicted molar refractivity (Wildman–Crippen MR) is 75.2 cm³/mol. The molecule has 17 heavy (non-hydrogen) atoms. The van der Waals surface area contributed by atoms with Gasteiger partial charge in [0.25, 0.3) is 0 Å². The van der Waals surface area contributed by atoms with Crippen molar-refractivity contribution in [1.82, 2.24) is 4.90 Å². The van der Waals surface area contributed by atoms with Gasteiger partial charge >= 0.3 is 0 Å². The molecule has 2 rings (SSSR count). The second-order valence-corrected chi connectivity index (χ2v) is 6.49. The fraction of sp³-hybridized carbons (Fsp3) is 0.714. The van der Waals surface area contributed by atoms with Crippen LogP contribution in [0.25, 0.3) is 0 Å². The molecule has 2 heterocycles. The summed E-state index contributed by atoms with van der Waals surface area (Å²) in [5.74, 6) is 0.914. The van der Waals surface area contributed by atoms with Crippen LogP contribution in [0.1, 0.15) is 41.5 Å². The van der Waals surface area contributed by atoms with Crippen molar-refractivity contribution >= 4 is 11.3 Å². The van der Waals surface area contributed by atoms with Crippen LogP contribution in [-0.4, -0.2) is 18.0 Å². The molecule has 2 nitrogen and oxygen atoms in total. The largest absolute Gasteiger partial charge is 0.326 e. The van der Waals surface area contributed by atoms with E-state index in [1.807, 2.05) is 11.3 Å². The van der Waals surface area contributed by atoms with Gasteiger partial charge in [-0.25, -0.2) is 0 Å². The number of nitrogens with zero attached hydrogens (tertiary/aromatic N) is 1. The van der Waals surface area contributed by atoms with Crippen molar-refractivity contribution in [3.8, 4) is 0 Å². The van der Waals surface area contributed by atoms with Crippen LogP contribution < -0.4 is 5.73 Å². The molecule has 3 heteroatoms. The van der Waals surface area contributed by atoms with Crippen LogP contribution in [0, 0.1) is 12.8 Å². The van der Waals surface area contributed by atoms with Gasteiger partial charge in [-0.3, -0.25) is 4.90 Å². The van der Waals surface area contributed by atoms with Crippen molar-refractivity contribution in [2.24, 2.45) is 11.7 Å². The molecule has 0 saturated carbocycles. The van der Waals surface area contributed by atoms with Crippen molar-refractivity contribution in [3.05, 3.63) is 21.4 Å². The summed E-state index contributed by atoms with van der Waals surface area (Å²) < 4.78 is 0. The molecule has 1 atom stereocenters. The average molecular weight is 252 g/mol. The number of likely N-dealkylation sites (tertiary alicyclic amines) is 1. The second kappa shape index (κ2) is 5.98. The minimum Gasteiger partial charge on any atom is -0.326 e. The van der Waals surface area contributed by atoms with E-state index in [1.165, 1.54) is 47.7 Å². The van der Waals surface area contributed by atoms with Crippen LogP contribution >= 0.6 is 11.3 Å². The van der Waals surface area contributed by atoms with Gasteiger partial charge in [0.05, 0.1) is 0 Å². The maximum atomic E-state index is 5.71. The summed E-state index contributed by atoms with van der Waals surface area (Å²) >= 11 is 1.86. The summed E-state index contributed by atoms with van der Waals surface area (Å²) in [4.78, 5) is 5.39. The molecule has 0 aliphatic carbocycles. The van der Waals surface area contributed by atoms with Crippen LogP contribution in [0.4, 0.5) is 0 Å². The van der Waals surface area contributed by atoms with Gasteiger partial charge in [0, 0.05) is 29.4 Å². The Morgan fingerprint density at radius 1 is 1.53 bits per heavy atom. The molecule has 0 amide bonds. The monoisotopic (exact) mass is 252 g/mol. The fourth-order valence-corrected chi connectivity index (χ4v) is 3.65. The van der Waals surface area contributed by atoms with Gasteiger partial charge in [-0.05, 0) is 43.9 Å². The number of piperidine rings is 1. The van der Waals surface area contributed by atoms with Gasteiger partial charge in [0.2, 0.25) is 0 Å². The highest BCUT2D eigenvalue weighted by Gasteiger charge is 2.19. The van der Waals surface area contributed by atoms with Crippen molar-refractivity contribution in [2.45, 2.75) is 46.2 Å². The molecule has 1 aliphatic heterocycles. The third kappa shape index (κ3) is 3.30. The highest BCUT2D eigenvalue weighted by Crippen LogP contribution is 2.25. The maximum absolute atomic E-state index is 5.71. The van der Waals surface area contributed by atoms with Crippen LogP contribution in [0.3, 0.4) is 0 Å². The molecule has 1 aliphatic rings. The first-order valence-corrected chi connectivity index (χ1v) is 7.55. The summed E-state index contributed by atoms with van der Waals surface area (Å²) in [7, 11) is 0. The van der Waals surface area contributed by atoms with E-state index in [4.69, 9.17) is 5.73 Å². The van der Waals surface area contributed by atoms with Gasteiger partial charge in [-0.1, -0.05) is 13.3 Å². The Kier molecular flexibility index (Phi) is 4.60. The standard InChI is InChI=1S/C14H24N2S/c1-3-12-5-4-6-16(9-12)10-13-7-14(8-15)17-11(13)2/h7,12H,3-6,8-10,15H2,1-2H3. The van der Waals surface area contributed by atoms with Gasteiger partial charge in [-0.2, -0.15) is 0 Å². The molecule has 0 aromatic carbocycles. The minimum absolute atomic E-state index is 0.684. The molecule has 0 spiro atoms. The minimum atomic E-state index is 0.684. The average Bonchev–Trinajstić information content (AvgIpc) is 2.70. The summed E-state index contributed by atoms with van der Waals surface area (Å²) in [6.07, 6.45) is 4.11. The number of aryl methyl sites for hydroxylation is 1. The molecule has 1 aromatic rings. The van der Waals surface area contributed by atoms with Crippen molar-refractivity contribution < 1.29 is 0 Å². The zero-order valence-corrected chi connectivity index (χ0v) is 11.9. The molecule has 0 bridgehead atoms. The summed E-state index contributed by atoms with van der Waals surface area (Å²) in [5.41, 5.74) is 7.20. The predicted octanol–water partition coefficient (Wildman–Crippen LogP) is 3.14. The number of hydrogen-bond donors (Lipinski definition) is 1. The Morgan fingerprint density at radius 2 is 2.35 bits per heavy atom. The van der Waals surface area contributed by atoms with E-state index in [0.29, 0.717) is 6.54 Å². The van der Waals surface area contributed by atoms with E-state index in [-0.39, 0.29) is 0 Å². The van der Waals surface area contributed by atoms with E-state index in [9.17, 15) is 0 Å². The zero-order valence-electron chi connectivity index (χ0n) is 11.0. The SMILES string of the molecule is CCC1CCCN(Cc2cc(CN)sc2C)C1. The molecule has 96 valence electrons. The highest BCUT2D eigenvalue weighted by molar-refractivity contribution is 7.12. The van der Waals surface area contributed by atoms with Crippen LogP contribution in [0.15, 0.2) is 6.07 Å². The molecule has 1 unspecified atom stereocenters. The first kappa shape index (κ1) is 13.1. The van der Waals surface area contributed by atoms with E-state index < -0.39 is 0 Å². The maximum Gasteiger partial charge on any atom is 0.0274 e. The molecule has 1 aromatic heterocycles. The van der Waals surface area contributed by atoms with E-state index in [1.54, 1.807) is 0 Å². The van der Waals surface area contributed by atoms with Crippen LogP contribution in [0.2, 0.25) is 0 Å². The highest BCUT2D eigenvalue weighted by atomic mass is 32.1. The number of rotatable bonds is 4. The third-order valence-corrected chi connectivity index (χ3v) is 4.96. The topological polar surface area (TPSA) is 29.3 Å². The first-order chi connectivity index (χ1) is 8.22. The Balaban J connectivity index is 1.97. The smallest absolute Gasteiger partial charge is 0.0274 e. The number of hydrogen-bond acceptors (Lipinski definition) is 3. The molecule has 1 fully saturated rings. The van der Waals surface area contributed by atoms with Crippen molar-refractivity contribution in [2.75, 3.05) is 13.1 Å². The number of nitrogens with two attached hydrogens (primary N) is 1. The first-order valence-electron chi connectivity index (χ1n) is 6.73. The van der Waals surface area contributed by atoms with Crippen LogP contribution in [0.5, 0.6) is 0 Å². The van der Waals surface area contributed by atoms with Gasteiger partial charge in [0.1, 0.15) is 0 Å².